The van der Waals surface area contributed by atoms with E-state index < -0.39 is 5.82 Å². The molecule has 3 nitrogen and oxygen atoms in total. The SMILES string of the molecule is O=C(CNCc1ccc(F)c(Cl)c1)Nc1cccc(Br)c1. The van der Waals surface area contributed by atoms with Crippen LogP contribution in [0.5, 0.6) is 0 Å². The van der Waals surface area contributed by atoms with E-state index in [1.807, 2.05) is 24.3 Å². The van der Waals surface area contributed by atoms with Gasteiger partial charge in [-0.25, -0.2) is 4.39 Å². The molecule has 0 heterocycles. The fourth-order valence-corrected chi connectivity index (χ4v) is 2.34. The molecule has 0 aliphatic heterocycles. The summed E-state index contributed by atoms with van der Waals surface area (Å²) in [5.74, 6) is -0.603. The van der Waals surface area contributed by atoms with Gasteiger partial charge in [-0.2, -0.15) is 0 Å². The highest BCUT2D eigenvalue weighted by Crippen LogP contribution is 2.16. The van der Waals surface area contributed by atoms with Crippen LogP contribution in [-0.4, -0.2) is 12.5 Å². The molecule has 2 aromatic rings. The lowest BCUT2D eigenvalue weighted by Gasteiger charge is -2.07. The van der Waals surface area contributed by atoms with Crippen molar-refractivity contribution in [3.63, 3.8) is 0 Å². The number of carbonyl (C=O) groups excluding carboxylic acids is 1. The molecule has 0 saturated heterocycles. The zero-order chi connectivity index (χ0) is 15.2. The van der Waals surface area contributed by atoms with Crippen molar-refractivity contribution in [3.8, 4) is 0 Å². The summed E-state index contributed by atoms with van der Waals surface area (Å²) in [6.07, 6.45) is 0. The predicted octanol–water partition coefficient (Wildman–Crippen LogP) is 3.97. The highest BCUT2D eigenvalue weighted by Gasteiger charge is 2.04. The first-order valence-corrected chi connectivity index (χ1v) is 7.42. The van der Waals surface area contributed by atoms with E-state index in [-0.39, 0.29) is 17.5 Å². The lowest BCUT2D eigenvalue weighted by molar-refractivity contribution is -0.115. The van der Waals surface area contributed by atoms with E-state index in [1.165, 1.54) is 12.1 Å². The van der Waals surface area contributed by atoms with Gasteiger partial charge in [0.2, 0.25) is 5.91 Å². The Bertz CT molecular complexity index is 651. The Kier molecular flexibility index (Phi) is 5.73. The van der Waals surface area contributed by atoms with Crippen LogP contribution < -0.4 is 10.6 Å². The van der Waals surface area contributed by atoms with Crippen LogP contribution in [0.4, 0.5) is 10.1 Å². The molecule has 0 aliphatic rings. The van der Waals surface area contributed by atoms with Gasteiger partial charge in [-0.3, -0.25) is 4.79 Å². The number of nitrogens with one attached hydrogen (secondary N) is 2. The summed E-state index contributed by atoms with van der Waals surface area (Å²) in [7, 11) is 0. The molecule has 0 aliphatic carbocycles. The van der Waals surface area contributed by atoms with Gasteiger partial charge in [0.1, 0.15) is 5.82 Å². The molecule has 0 aromatic heterocycles. The van der Waals surface area contributed by atoms with Crippen molar-refractivity contribution in [1.29, 1.82) is 0 Å². The Morgan fingerprint density at radius 3 is 2.76 bits per heavy atom. The third kappa shape index (κ3) is 5.12. The molecule has 0 saturated carbocycles. The molecule has 2 N–H and O–H groups in total. The number of hydrogen-bond donors (Lipinski definition) is 2. The van der Waals surface area contributed by atoms with Crippen LogP contribution in [0.3, 0.4) is 0 Å². The van der Waals surface area contributed by atoms with E-state index in [4.69, 9.17) is 11.6 Å². The Hall–Kier alpha value is -1.43. The molecule has 0 unspecified atom stereocenters. The Morgan fingerprint density at radius 2 is 2.05 bits per heavy atom. The second kappa shape index (κ2) is 7.54. The first-order valence-electron chi connectivity index (χ1n) is 6.24. The number of carbonyl (C=O) groups is 1. The van der Waals surface area contributed by atoms with Gasteiger partial charge in [-0.05, 0) is 35.9 Å². The van der Waals surface area contributed by atoms with Crippen molar-refractivity contribution in [2.45, 2.75) is 6.54 Å². The van der Waals surface area contributed by atoms with Gasteiger partial charge in [-0.15, -0.1) is 0 Å². The lowest BCUT2D eigenvalue weighted by Crippen LogP contribution is -2.27. The van der Waals surface area contributed by atoms with Crippen LogP contribution >= 0.6 is 27.5 Å². The molecule has 21 heavy (non-hydrogen) atoms. The van der Waals surface area contributed by atoms with Crippen molar-refractivity contribution in [1.82, 2.24) is 5.32 Å². The van der Waals surface area contributed by atoms with Crippen molar-refractivity contribution < 1.29 is 9.18 Å². The maximum absolute atomic E-state index is 13.0. The maximum atomic E-state index is 13.0. The third-order valence-electron chi connectivity index (χ3n) is 2.71. The van der Waals surface area contributed by atoms with Crippen molar-refractivity contribution >= 4 is 39.1 Å². The minimum Gasteiger partial charge on any atom is -0.325 e. The molecule has 2 aromatic carbocycles. The van der Waals surface area contributed by atoms with Gasteiger partial charge < -0.3 is 10.6 Å². The van der Waals surface area contributed by atoms with Crippen molar-refractivity contribution in [3.05, 3.63) is 63.3 Å². The quantitative estimate of drug-likeness (QED) is 0.835. The van der Waals surface area contributed by atoms with Crippen LogP contribution in [0, 0.1) is 5.82 Å². The third-order valence-corrected chi connectivity index (χ3v) is 3.49. The summed E-state index contributed by atoms with van der Waals surface area (Å²) in [6, 6.07) is 11.8. The standard InChI is InChI=1S/C15H13BrClFN2O/c16-11-2-1-3-12(7-11)20-15(21)9-19-8-10-4-5-14(18)13(17)6-10/h1-7,19H,8-9H2,(H,20,21). The molecule has 0 atom stereocenters. The fraction of sp³-hybridized carbons (Fsp3) is 0.133. The molecule has 0 radical (unpaired) electrons. The monoisotopic (exact) mass is 370 g/mol. The van der Waals surface area contributed by atoms with Gasteiger partial charge >= 0.3 is 0 Å². The highest BCUT2D eigenvalue weighted by molar-refractivity contribution is 9.10. The van der Waals surface area contributed by atoms with Crippen LogP contribution in [0.1, 0.15) is 5.56 Å². The van der Waals surface area contributed by atoms with Crippen LogP contribution in [0.2, 0.25) is 5.02 Å². The first kappa shape index (κ1) is 15.9. The second-order valence-corrected chi connectivity index (χ2v) is 5.73. The second-order valence-electron chi connectivity index (χ2n) is 4.41. The van der Waals surface area contributed by atoms with Crippen LogP contribution in [0.25, 0.3) is 0 Å². The van der Waals surface area contributed by atoms with Crippen LogP contribution in [-0.2, 0) is 11.3 Å². The summed E-state index contributed by atoms with van der Waals surface area (Å²) in [5, 5.41) is 5.83. The Morgan fingerprint density at radius 1 is 1.24 bits per heavy atom. The largest absolute Gasteiger partial charge is 0.325 e. The number of amides is 1. The summed E-state index contributed by atoms with van der Waals surface area (Å²) >= 11 is 9.03. The Labute approximate surface area is 135 Å². The molecule has 0 bridgehead atoms. The normalized spacial score (nSPS) is 10.4. The molecule has 0 fully saturated rings. The zero-order valence-corrected chi connectivity index (χ0v) is 13.3. The summed E-state index contributed by atoms with van der Waals surface area (Å²) in [6.45, 7) is 0.591. The van der Waals surface area contributed by atoms with Gasteiger partial charge in [-0.1, -0.05) is 39.7 Å². The number of benzene rings is 2. The minimum atomic E-state index is -0.451. The van der Waals surface area contributed by atoms with Crippen molar-refractivity contribution in [2.75, 3.05) is 11.9 Å². The number of hydrogen-bond acceptors (Lipinski definition) is 2. The number of anilines is 1. The smallest absolute Gasteiger partial charge is 0.238 e. The molecule has 6 heteroatoms. The van der Waals surface area contributed by atoms with Crippen LogP contribution in [0.15, 0.2) is 46.9 Å². The molecular weight excluding hydrogens is 359 g/mol. The van der Waals surface area contributed by atoms with E-state index in [2.05, 4.69) is 26.6 Å². The fourth-order valence-electron chi connectivity index (χ4n) is 1.74. The first-order chi connectivity index (χ1) is 10.0. The summed E-state index contributed by atoms with van der Waals surface area (Å²) in [4.78, 5) is 11.8. The summed E-state index contributed by atoms with van der Waals surface area (Å²) in [5.41, 5.74) is 1.54. The summed E-state index contributed by atoms with van der Waals surface area (Å²) < 4.78 is 13.9. The average Bonchev–Trinajstić information content (AvgIpc) is 2.43. The van der Waals surface area contributed by atoms with Gasteiger partial charge in [0.25, 0.3) is 0 Å². The zero-order valence-electron chi connectivity index (χ0n) is 11.0. The number of rotatable bonds is 5. The van der Waals surface area contributed by atoms with E-state index in [1.54, 1.807) is 6.07 Å². The van der Waals surface area contributed by atoms with Crippen molar-refractivity contribution in [2.24, 2.45) is 0 Å². The lowest BCUT2D eigenvalue weighted by atomic mass is 10.2. The van der Waals surface area contributed by atoms with E-state index >= 15 is 0 Å². The molecule has 1 amide bonds. The maximum Gasteiger partial charge on any atom is 0.238 e. The number of halogens is 3. The van der Waals surface area contributed by atoms with Gasteiger partial charge in [0.15, 0.2) is 0 Å². The highest BCUT2D eigenvalue weighted by atomic mass is 79.9. The van der Waals surface area contributed by atoms with E-state index in [9.17, 15) is 9.18 Å². The molecule has 2 rings (SSSR count). The molecule has 0 spiro atoms. The predicted molar refractivity (Wildman–Crippen MR) is 85.9 cm³/mol. The minimum absolute atomic E-state index is 0.0767. The molecular formula is C15H13BrClFN2O. The van der Waals surface area contributed by atoms with E-state index in [0.29, 0.717) is 6.54 Å². The Balaban J connectivity index is 1.80. The topological polar surface area (TPSA) is 41.1 Å². The average molecular weight is 372 g/mol. The van der Waals surface area contributed by atoms with E-state index in [0.717, 1.165) is 15.7 Å². The van der Waals surface area contributed by atoms with Gasteiger partial charge in [0.05, 0.1) is 11.6 Å². The van der Waals surface area contributed by atoms with Gasteiger partial charge in [0, 0.05) is 16.7 Å². The molecule has 110 valence electrons.